The fourth-order valence-corrected chi connectivity index (χ4v) is 3.29. The van der Waals surface area contributed by atoms with E-state index in [1.54, 1.807) is 24.9 Å². The maximum atomic E-state index is 14.1. The number of alkyl halides is 1. The predicted octanol–water partition coefficient (Wildman–Crippen LogP) is 0.711. The number of rotatable bonds is 5. The number of nitrogens with one attached hydrogen (secondary N) is 1. The lowest BCUT2D eigenvalue weighted by Crippen LogP contribution is -2.38. The summed E-state index contributed by atoms with van der Waals surface area (Å²) in [5.41, 5.74) is 1.27. The van der Waals surface area contributed by atoms with Gasteiger partial charge in [0.25, 0.3) is 11.8 Å². The van der Waals surface area contributed by atoms with Gasteiger partial charge < -0.3 is 10.2 Å². The molecule has 0 radical (unpaired) electrons. The molecule has 1 aliphatic heterocycles. The number of aryl methyl sites for hydroxylation is 2. The highest BCUT2D eigenvalue weighted by Gasteiger charge is 2.37. The van der Waals surface area contributed by atoms with Crippen LogP contribution >= 0.6 is 0 Å². The minimum absolute atomic E-state index is 0.0133. The number of nitrogens with zero attached hydrogens (tertiary/aromatic N) is 6. The van der Waals surface area contributed by atoms with Crippen LogP contribution in [0.1, 0.15) is 46.8 Å². The Bertz CT molecular complexity index is 844. The summed E-state index contributed by atoms with van der Waals surface area (Å²) in [6, 6.07) is -0.379. The lowest BCUT2D eigenvalue weighted by molar-refractivity contribution is 0.0713. The van der Waals surface area contributed by atoms with Crippen LogP contribution in [0.5, 0.6) is 0 Å². The standard InChI is InChI=1S/C17H24FN7O2/c1-10(2)19-16(26)15-9-24(22-20-15)7-13-5-12(18)6-25(13)17(27)14-8-23(4)21-11(14)3/h8-10,12-13H,5-7H2,1-4H3,(H,19,26)/t12-,13-/m0/s1. The Morgan fingerprint density at radius 1 is 1.37 bits per heavy atom. The van der Waals surface area contributed by atoms with Crippen LogP contribution < -0.4 is 5.32 Å². The summed E-state index contributed by atoms with van der Waals surface area (Å²) in [5.74, 6) is -0.561. The molecule has 0 aliphatic carbocycles. The van der Waals surface area contributed by atoms with E-state index >= 15 is 0 Å². The van der Waals surface area contributed by atoms with Gasteiger partial charge in [0.1, 0.15) is 6.17 Å². The normalized spacial score (nSPS) is 19.7. The number of aromatic nitrogens is 5. The summed E-state index contributed by atoms with van der Waals surface area (Å²) in [7, 11) is 1.74. The van der Waals surface area contributed by atoms with Gasteiger partial charge in [0.15, 0.2) is 5.69 Å². The molecule has 0 bridgehead atoms. The Labute approximate surface area is 156 Å². The first-order valence-corrected chi connectivity index (χ1v) is 8.91. The number of carbonyl (C=O) groups excluding carboxylic acids is 2. The SMILES string of the molecule is Cc1nn(C)cc1C(=O)N1C[C@@H](F)C[C@H]1Cn1cc(C(=O)NC(C)C)nn1. The molecule has 1 aliphatic rings. The molecular weight excluding hydrogens is 353 g/mol. The number of carbonyl (C=O) groups is 2. The molecule has 3 heterocycles. The van der Waals surface area contributed by atoms with Gasteiger partial charge in [-0.05, 0) is 20.8 Å². The quantitative estimate of drug-likeness (QED) is 0.828. The number of halogens is 1. The highest BCUT2D eigenvalue weighted by Crippen LogP contribution is 2.24. The van der Waals surface area contributed by atoms with Crippen LogP contribution in [0, 0.1) is 6.92 Å². The van der Waals surface area contributed by atoms with E-state index in [2.05, 4.69) is 20.7 Å². The van der Waals surface area contributed by atoms with Gasteiger partial charge in [-0.2, -0.15) is 5.10 Å². The summed E-state index contributed by atoms with van der Waals surface area (Å²) >= 11 is 0. The van der Waals surface area contributed by atoms with Crippen molar-refractivity contribution >= 4 is 11.8 Å². The molecule has 0 saturated carbocycles. The first kappa shape index (κ1) is 19.0. The zero-order chi connectivity index (χ0) is 19.7. The van der Waals surface area contributed by atoms with E-state index in [0.717, 1.165) is 0 Å². The fourth-order valence-electron chi connectivity index (χ4n) is 3.29. The third-order valence-electron chi connectivity index (χ3n) is 4.46. The van der Waals surface area contributed by atoms with Crippen molar-refractivity contribution < 1.29 is 14.0 Å². The second-order valence-electron chi connectivity index (χ2n) is 7.20. The van der Waals surface area contributed by atoms with E-state index in [9.17, 15) is 14.0 Å². The molecule has 10 heteroatoms. The van der Waals surface area contributed by atoms with Crippen LogP contribution in [0.2, 0.25) is 0 Å². The molecule has 2 atom stereocenters. The molecule has 1 fully saturated rings. The summed E-state index contributed by atoms with van der Waals surface area (Å²) in [6.07, 6.45) is 2.28. The Hall–Kier alpha value is -2.78. The smallest absolute Gasteiger partial charge is 0.273 e. The second-order valence-corrected chi connectivity index (χ2v) is 7.20. The molecule has 1 saturated heterocycles. The average molecular weight is 377 g/mol. The number of amides is 2. The largest absolute Gasteiger partial charge is 0.348 e. The second kappa shape index (κ2) is 7.45. The molecule has 27 heavy (non-hydrogen) atoms. The lowest BCUT2D eigenvalue weighted by Gasteiger charge is -2.23. The zero-order valence-corrected chi connectivity index (χ0v) is 15.9. The van der Waals surface area contributed by atoms with Crippen molar-refractivity contribution in [1.82, 2.24) is 35.0 Å². The molecule has 0 aromatic carbocycles. The highest BCUT2D eigenvalue weighted by atomic mass is 19.1. The molecule has 9 nitrogen and oxygen atoms in total. The molecule has 1 N–H and O–H groups in total. The van der Waals surface area contributed by atoms with Gasteiger partial charge in [0, 0.05) is 25.7 Å². The molecule has 0 unspecified atom stereocenters. The molecule has 2 aromatic heterocycles. The van der Waals surface area contributed by atoms with Crippen molar-refractivity contribution in [2.24, 2.45) is 7.05 Å². The number of hydrogen-bond donors (Lipinski definition) is 1. The van der Waals surface area contributed by atoms with E-state index < -0.39 is 6.17 Å². The van der Waals surface area contributed by atoms with Crippen LogP contribution in [0.4, 0.5) is 4.39 Å². The molecule has 2 aromatic rings. The van der Waals surface area contributed by atoms with Crippen molar-refractivity contribution in [2.45, 2.75) is 52.0 Å². The van der Waals surface area contributed by atoms with E-state index in [1.165, 1.54) is 15.8 Å². The molecule has 3 rings (SSSR count). The van der Waals surface area contributed by atoms with Crippen LogP contribution in [0.3, 0.4) is 0 Å². The van der Waals surface area contributed by atoms with Crippen LogP contribution in [0.15, 0.2) is 12.4 Å². The fraction of sp³-hybridized carbons (Fsp3) is 0.588. The topological polar surface area (TPSA) is 97.9 Å². The first-order valence-electron chi connectivity index (χ1n) is 8.91. The van der Waals surface area contributed by atoms with E-state index in [1.807, 2.05) is 13.8 Å². The Morgan fingerprint density at radius 2 is 2.11 bits per heavy atom. The van der Waals surface area contributed by atoms with Gasteiger partial charge in [-0.3, -0.25) is 14.3 Å². The lowest BCUT2D eigenvalue weighted by atomic mass is 10.2. The molecular formula is C17H24FN7O2. The van der Waals surface area contributed by atoms with E-state index in [0.29, 0.717) is 11.3 Å². The minimum Gasteiger partial charge on any atom is -0.348 e. The maximum absolute atomic E-state index is 14.1. The van der Waals surface area contributed by atoms with Crippen molar-refractivity contribution in [3.05, 3.63) is 29.3 Å². The summed E-state index contributed by atoms with van der Waals surface area (Å²) in [4.78, 5) is 26.4. The highest BCUT2D eigenvalue weighted by molar-refractivity contribution is 5.95. The van der Waals surface area contributed by atoms with Crippen LogP contribution in [-0.2, 0) is 13.6 Å². The Kier molecular flexibility index (Phi) is 5.24. The maximum Gasteiger partial charge on any atom is 0.273 e. The minimum atomic E-state index is -1.09. The van der Waals surface area contributed by atoms with Crippen molar-refractivity contribution in [2.75, 3.05) is 6.54 Å². The van der Waals surface area contributed by atoms with Gasteiger partial charge in [-0.15, -0.1) is 5.10 Å². The average Bonchev–Trinajstić information content (AvgIpc) is 3.26. The van der Waals surface area contributed by atoms with Crippen LogP contribution in [-0.4, -0.2) is 66.3 Å². The van der Waals surface area contributed by atoms with Crippen molar-refractivity contribution in [3.63, 3.8) is 0 Å². The molecule has 146 valence electrons. The van der Waals surface area contributed by atoms with E-state index in [-0.39, 0.29) is 49.1 Å². The zero-order valence-electron chi connectivity index (χ0n) is 15.9. The number of likely N-dealkylation sites (tertiary alicyclic amines) is 1. The molecule has 2 amide bonds. The number of hydrogen-bond acceptors (Lipinski definition) is 5. The summed E-state index contributed by atoms with van der Waals surface area (Å²) < 4.78 is 17.1. The Morgan fingerprint density at radius 3 is 2.74 bits per heavy atom. The van der Waals surface area contributed by atoms with Crippen molar-refractivity contribution in [1.29, 1.82) is 0 Å². The van der Waals surface area contributed by atoms with Gasteiger partial charge in [0.2, 0.25) is 0 Å². The van der Waals surface area contributed by atoms with Gasteiger partial charge >= 0.3 is 0 Å². The monoisotopic (exact) mass is 377 g/mol. The molecule has 0 spiro atoms. The van der Waals surface area contributed by atoms with Crippen molar-refractivity contribution in [3.8, 4) is 0 Å². The van der Waals surface area contributed by atoms with Gasteiger partial charge in [0.05, 0.1) is 36.6 Å². The van der Waals surface area contributed by atoms with Gasteiger partial charge in [-0.1, -0.05) is 5.21 Å². The van der Waals surface area contributed by atoms with E-state index in [4.69, 9.17) is 0 Å². The third-order valence-corrected chi connectivity index (χ3v) is 4.46. The predicted molar refractivity (Wildman–Crippen MR) is 94.9 cm³/mol. The van der Waals surface area contributed by atoms with Crippen LogP contribution in [0.25, 0.3) is 0 Å². The summed E-state index contributed by atoms with van der Waals surface area (Å²) in [6.45, 7) is 5.77. The third kappa shape index (κ3) is 4.15. The first-order chi connectivity index (χ1) is 12.7. The Balaban J connectivity index is 1.73. The summed E-state index contributed by atoms with van der Waals surface area (Å²) in [5, 5.41) is 14.7. The van der Waals surface area contributed by atoms with Gasteiger partial charge in [-0.25, -0.2) is 9.07 Å².